The highest BCUT2D eigenvalue weighted by molar-refractivity contribution is 7.89. The number of carbonyl (C=O) groups is 2. The molecule has 0 amide bonds. The predicted molar refractivity (Wildman–Crippen MR) is 78.0 cm³/mol. The first-order chi connectivity index (χ1) is 9.57. The second-order valence-electron chi connectivity index (χ2n) is 4.90. The summed E-state index contributed by atoms with van der Waals surface area (Å²) in [5.41, 5.74) is 0. The predicted octanol–water partition coefficient (Wildman–Crippen LogP) is 0.707. The number of rotatable bonds is 8. The molecule has 0 aromatic rings. The van der Waals surface area contributed by atoms with Gasteiger partial charge in [0, 0.05) is 25.7 Å². The third-order valence-electron chi connectivity index (χ3n) is 2.39. The minimum Gasteiger partial charge on any atom is -0.461 e. The highest BCUT2D eigenvalue weighted by Gasteiger charge is 2.21. The van der Waals surface area contributed by atoms with Crippen molar-refractivity contribution in [3.05, 3.63) is 12.2 Å². The summed E-state index contributed by atoms with van der Waals surface area (Å²) in [5, 5.41) is -0.538. The SMILES string of the molecule is CC(C)OC(=O)/C=C/C(=O)OCCN(C)S(=O)(=O)C(C)C. The Bertz CT molecular complexity index is 481. The van der Waals surface area contributed by atoms with E-state index in [2.05, 4.69) is 0 Å². The topological polar surface area (TPSA) is 90.0 Å². The number of likely N-dealkylation sites (N-methyl/N-ethyl adjacent to an activating group) is 1. The average molecular weight is 321 g/mol. The number of sulfonamides is 1. The molecule has 122 valence electrons. The van der Waals surface area contributed by atoms with Gasteiger partial charge in [0.05, 0.1) is 11.4 Å². The van der Waals surface area contributed by atoms with Crippen molar-refractivity contribution < 1.29 is 27.5 Å². The van der Waals surface area contributed by atoms with Crippen molar-refractivity contribution in [1.82, 2.24) is 4.31 Å². The van der Waals surface area contributed by atoms with E-state index < -0.39 is 27.2 Å². The van der Waals surface area contributed by atoms with Crippen LogP contribution in [0.25, 0.3) is 0 Å². The first-order valence-corrected chi connectivity index (χ1v) is 8.08. The molecule has 0 atom stereocenters. The number of ether oxygens (including phenoxy) is 2. The molecule has 0 radical (unpaired) electrons. The zero-order valence-electron chi connectivity index (χ0n) is 13.0. The Morgan fingerprint density at radius 3 is 2.10 bits per heavy atom. The molecule has 0 aliphatic rings. The van der Waals surface area contributed by atoms with Crippen LogP contribution in [0.1, 0.15) is 27.7 Å². The summed E-state index contributed by atoms with van der Waals surface area (Å²) in [4.78, 5) is 22.5. The molecule has 0 heterocycles. The van der Waals surface area contributed by atoms with Gasteiger partial charge in [-0.3, -0.25) is 0 Å². The third kappa shape index (κ3) is 7.81. The van der Waals surface area contributed by atoms with Gasteiger partial charge in [-0.15, -0.1) is 0 Å². The summed E-state index contributed by atoms with van der Waals surface area (Å²) < 4.78 is 34.2. The van der Waals surface area contributed by atoms with Gasteiger partial charge in [0.1, 0.15) is 6.61 Å². The molecule has 0 spiro atoms. The van der Waals surface area contributed by atoms with Gasteiger partial charge in [0.2, 0.25) is 10.0 Å². The Morgan fingerprint density at radius 1 is 1.10 bits per heavy atom. The highest BCUT2D eigenvalue weighted by atomic mass is 32.2. The first-order valence-electron chi connectivity index (χ1n) is 6.58. The molecular formula is C13H23NO6S. The lowest BCUT2D eigenvalue weighted by Crippen LogP contribution is -2.35. The normalized spacial score (nSPS) is 12.4. The number of hydrogen-bond donors (Lipinski definition) is 0. The quantitative estimate of drug-likeness (QED) is 0.483. The highest BCUT2D eigenvalue weighted by Crippen LogP contribution is 2.05. The molecular weight excluding hydrogens is 298 g/mol. The van der Waals surface area contributed by atoms with Gasteiger partial charge in [-0.25, -0.2) is 22.3 Å². The van der Waals surface area contributed by atoms with Gasteiger partial charge in [0.15, 0.2) is 0 Å². The van der Waals surface area contributed by atoms with E-state index in [4.69, 9.17) is 9.47 Å². The fourth-order valence-electron chi connectivity index (χ4n) is 1.22. The van der Waals surface area contributed by atoms with E-state index >= 15 is 0 Å². The zero-order valence-corrected chi connectivity index (χ0v) is 13.8. The Balaban J connectivity index is 4.17. The van der Waals surface area contributed by atoms with E-state index in [1.54, 1.807) is 27.7 Å². The van der Waals surface area contributed by atoms with E-state index in [-0.39, 0.29) is 19.3 Å². The van der Waals surface area contributed by atoms with Gasteiger partial charge in [-0.2, -0.15) is 0 Å². The Hall–Kier alpha value is -1.41. The summed E-state index contributed by atoms with van der Waals surface area (Å²) in [6.07, 6.45) is 1.64. The van der Waals surface area contributed by atoms with Crippen molar-refractivity contribution in [3.63, 3.8) is 0 Å². The first kappa shape index (κ1) is 19.6. The molecule has 0 aliphatic heterocycles. The van der Waals surface area contributed by atoms with Gasteiger partial charge >= 0.3 is 11.9 Å². The van der Waals surface area contributed by atoms with E-state index in [9.17, 15) is 18.0 Å². The van der Waals surface area contributed by atoms with Crippen molar-refractivity contribution in [2.45, 2.75) is 39.0 Å². The maximum Gasteiger partial charge on any atom is 0.331 e. The maximum atomic E-state index is 11.7. The molecule has 8 heteroatoms. The van der Waals surface area contributed by atoms with E-state index in [0.717, 1.165) is 16.5 Å². The Morgan fingerprint density at radius 2 is 1.62 bits per heavy atom. The molecule has 0 rings (SSSR count). The van der Waals surface area contributed by atoms with Gasteiger partial charge in [-0.05, 0) is 27.7 Å². The van der Waals surface area contributed by atoms with Crippen LogP contribution < -0.4 is 0 Å². The van der Waals surface area contributed by atoms with Crippen LogP contribution in [-0.4, -0.2) is 56.2 Å². The number of hydrogen-bond acceptors (Lipinski definition) is 6. The van der Waals surface area contributed by atoms with Crippen LogP contribution in [0.15, 0.2) is 12.2 Å². The molecule has 0 aromatic heterocycles. The molecule has 0 N–H and O–H groups in total. The molecule has 7 nitrogen and oxygen atoms in total. The molecule has 0 saturated heterocycles. The van der Waals surface area contributed by atoms with Crippen LogP contribution in [0.2, 0.25) is 0 Å². The molecule has 0 unspecified atom stereocenters. The molecule has 0 saturated carbocycles. The molecule has 0 fully saturated rings. The van der Waals surface area contributed by atoms with Crippen LogP contribution in [0, 0.1) is 0 Å². The molecule has 0 aromatic carbocycles. The molecule has 0 aliphatic carbocycles. The summed E-state index contributed by atoms with van der Waals surface area (Å²) >= 11 is 0. The maximum absolute atomic E-state index is 11.7. The van der Waals surface area contributed by atoms with Gasteiger partial charge in [-0.1, -0.05) is 0 Å². The number of esters is 2. The summed E-state index contributed by atoms with van der Waals surface area (Å²) in [7, 11) is -1.95. The van der Waals surface area contributed by atoms with Crippen LogP contribution in [0.5, 0.6) is 0 Å². The number of nitrogens with zero attached hydrogens (tertiary/aromatic N) is 1. The van der Waals surface area contributed by atoms with Crippen molar-refractivity contribution in [2.75, 3.05) is 20.2 Å². The van der Waals surface area contributed by atoms with Gasteiger partial charge in [0.25, 0.3) is 0 Å². The third-order valence-corrected chi connectivity index (χ3v) is 4.63. The molecule has 0 bridgehead atoms. The minimum atomic E-state index is -3.36. The minimum absolute atomic E-state index is 0.0521. The lowest BCUT2D eigenvalue weighted by Gasteiger charge is -2.19. The van der Waals surface area contributed by atoms with E-state index in [1.807, 2.05) is 0 Å². The summed E-state index contributed by atoms with van der Waals surface area (Å²) in [6.45, 7) is 6.48. The van der Waals surface area contributed by atoms with Crippen LogP contribution in [-0.2, 0) is 29.1 Å². The van der Waals surface area contributed by atoms with Crippen molar-refractivity contribution in [3.8, 4) is 0 Å². The van der Waals surface area contributed by atoms with E-state index in [0.29, 0.717) is 0 Å². The summed E-state index contributed by atoms with van der Waals surface area (Å²) in [5.74, 6) is -1.37. The summed E-state index contributed by atoms with van der Waals surface area (Å²) in [6, 6.07) is 0. The Labute approximate surface area is 125 Å². The van der Waals surface area contributed by atoms with Gasteiger partial charge < -0.3 is 9.47 Å². The zero-order chi connectivity index (χ0) is 16.6. The Kier molecular flexibility index (Phi) is 8.19. The largest absolute Gasteiger partial charge is 0.461 e. The molecule has 21 heavy (non-hydrogen) atoms. The fraction of sp³-hybridized carbons (Fsp3) is 0.692. The van der Waals surface area contributed by atoms with Crippen LogP contribution >= 0.6 is 0 Å². The fourth-order valence-corrected chi connectivity index (χ4v) is 2.27. The smallest absolute Gasteiger partial charge is 0.331 e. The van der Waals surface area contributed by atoms with Crippen molar-refractivity contribution in [1.29, 1.82) is 0 Å². The van der Waals surface area contributed by atoms with Crippen molar-refractivity contribution in [2.24, 2.45) is 0 Å². The second-order valence-corrected chi connectivity index (χ2v) is 7.50. The van der Waals surface area contributed by atoms with E-state index in [1.165, 1.54) is 7.05 Å². The van der Waals surface area contributed by atoms with Crippen LogP contribution in [0.3, 0.4) is 0 Å². The van der Waals surface area contributed by atoms with Crippen LogP contribution in [0.4, 0.5) is 0 Å². The average Bonchev–Trinajstić information content (AvgIpc) is 2.35. The lowest BCUT2D eigenvalue weighted by atomic mass is 10.4. The van der Waals surface area contributed by atoms with Crippen molar-refractivity contribution >= 4 is 22.0 Å². The second kappa shape index (κ2) is 8.78. The number of carbonyl (C=O) groups excluding carboxylic acids is 2. The standard InChI is InChI=1S/C13H23NO6S/c1-10(2)20-13(16)7-6-12(15)19-9-8-14(5)21(17,18)11(3)4/h6-7,10-11H,8-9H2,1-5H3/b7-6+. The monoisotopic (exact) mass is 321 g/mol. The lowest BCUT2D eigenvalue weighted by molar-refractivity contribution is -0.142.